The number of rotatable bonds is 3. The summed E-state index contributed by atoms with van der Waals surface area (Å²) in [5.41, 5.74) is 2.15. The van der Waals surface area contributed by atoms with E-state index in [0.29, 0.717) is 0 Å². The van der Waals surface area contributed by atoms with Crippen molar-refractivity contribution in [2.45, 2.75) is 6.54 Å². The highest BCUT2D eigenvalue weighted by Gasteiger charge is 1.99. The second kappa shape index (κ2) is 3.79. The summed E-state index contributed by atoms with van der Waals surface area (Å²) in [6.45, 7) is 1.03. The van der Waals surface area contributed by atoms with Gasteiger partial charge in [0.15, 0.2) is 0 Å². The van der Waals surface area contributed by atoms with E-state index in [-0.39, 0.29) is 0 Å². The lowest BCUT2D eigenvalue weighted by Gasteiger charge is -2.01. The van der Waals surface area contributed by atoms with Gasteiger partial charge in [0.1, 0.15) is 6.33 Å². The summed E-state index contributed by atoms with van der Waals surface area (Å²) in [7, 11) is 0. The Morgan fingerprint density at radius 3 is 3.31 bits per heavy atom. The number of fused-ring (bicyclic) bond motifs is 1. The molecule has 0 radical (unpaired) electrons. The summed E-state index contributed by atoms with van der Waals surface area (Å²) in [4.78, 5) is 8.19. The molecule has 0 aliphatic heterocycles. The normalized spacial score (nSPS) is 10.8. The second-order valence-electron chi connectivity index (χ2n) is 2.80. The molecule has 4 heteroatoms. The van der Waals surface area contributed by atoms with Crippen LogP contribution >= 0.6 is 11.8 Å². The molecule has 2 aromatic rings. The lowest BCUT2D eigenvalue weighted by Crippen LogP contribution is -1.98. The first kappa shape index (κ1) is 8.56. The van der Waals surface area contributed by atoms with Crippen molar-refractivity contribution in [1.82, 2.24) is 14.5 Å². The molecule has 0 saturated carbocycles. The van der Waals surface area contributed by atoms with Crippen molar-refractivity contribution in [2.75, 3.05) is 12.0 Å². The molecule has 3 nitrogen and oxygen atoms in total. The Balaban J connectivity index is 2.35. The maximum Gasteiger partial charge on any atom is 0.116 e. The molecule has 0 saturated heterocycles. The van der Waals surface area contributed by atoms with E-state index in [2.05, 4.69) is 27.0 Å². The van der Waals surface area contributed by atoms with Crippen LogP contribution in [0.15, 0.2) is 24.8 Å². The molecule has 0 bridgehead atoms. The molecule has 13 heavy (non-hydrogen) atoms. The first-order valence-electron chi connectivity index (χ1n) is 4.15. The van der Waals surface area contributed by atoms with Gasteiger partial charge in [-0.3, -0.25) is 0 Å². The van der Waals surface area contributed by atoms with Crippen LogP contribution in [0.25, 0.3) is 11.0 Å². The van der Waals surface area contributed by atoms with Gasteiger partial charge in [-0.25, -0.2) is 9.97 Å². The third-order valence-electron chi connectivity index (χ3n) is 1.98. The van der Waals surface area contributed by atoms with Gasteiger partial charge in [-0.2, -0.15) is 11.8 Å². The predicted molar refractivity (Wildman–Crippen MR) is 55.9 cm³/mol. The second-order valence-corrected chi connectivity index (χ2v) is 3.78. The minimum Gasteiger partial charge on any atom is -0.344 e. The highest BCUT2D eigenvalue weighted by Crippen LogP contribution is 2.11. The van der Waals surface area contributed by atoms with Gasteiger partial charge in [0.05, 0.1) is 17.2 Å². The lowest BCUT2D eigenvalue weighted by molar-refractivity contribution is 0.806. The first-order chi connectivity index (χ1) is 6.42. The van der Waals surface area contributed by atoms with Crippen molar-refractivity contribution < 1.29 is 0 Å². The van der Waals surface area contributed by atoms with Crippen molar-refractivity contribution in [3.8, 4) is 0 Å². The van der Waals surface area contributed by atoms with Crippen LogP contribution in [0.2, 0.25) is 0 Å². The molecule has 0 unspecified atom stereocenters. The zero-order valence-corrected chi connectivity index (χ0v) is 8.29. The van der Waals surface area contributed by atoms with Gasteiger partial charge in [-0.1, -0.05) is 0 Å². The molecule has 2 aromatic heterocycles. The average Bonchev–Trinajstić information content (AvgIpc) is 2.58. The summed E-state index contributed by atoms with van der Waals surface area (Å²) in [6, 6.07) is 2.03. The molecule has 68 valence electrons. The Morgan fingerprint density at radius 1 is 1.54 bits per heavy atom. The number of nitrogens with zero attached hydrogens (tertiary/aromatic N) is 3. The monoisotopic (exact) mass is 193 g/mol. The highest BCUT2D eigenvalue weighted by molar-refractivity contribution is 7.98. The number of hydrogen-bond acceptors (Lipinski definition) is 3. The van der Waals surface area contributed by atoms with Crippen LogP contribution in [0.4, 0.5) is 0 Å². The number of aryl methyl sites for hydroxylation is 1. The molecule has 0 atom stereocenters. The fourth-order valence-corrected chi connectivity index (χ4v) is 1.69. The molecule has 2 rings (SSSR count). The van der Waals surface area contributed by atoms with Crippen LogP contribution in [-0.2, 0) is 6.54 Å². The Hall–Kier alpha value is -1.03. The maximum absolute atomic E-state index is 4.17. The summed E-state index contributed by atoms with van der Waals surface area (Å²) in [5.74, 6) is 1.12. The summed E-state index contributed by atoms with van der Waals surface area (Å²) >= 11 is 1.85. The van der Waals surface area contributed by atoms with Gasteiger partial charge in [0.25, 0.3) is 0 Å². The summed E-state index contributed by atoms with van der Waals surface area (Å²) in [6.07, 6.45) is 7.63. The van der Waals surface area contributed by atoms with Crippen LogP contribution in [-0.4, -0.2) is 26.5 Å². The van der Waals surface area contributed by atoms with Crippen LogP contribution in [0.1, 0.15) is 0 Å². The first-order valence-corrected chi connectivity index (χ1v) is 5.55. The molecular formula is C9H11N3S. The molecule has 0 fully saturated rings. The van der Waals surface area contributed by atoms with Crippen molar-refractivity contribution >= 4 is 22.8 Å². The van der Waals surface area contributed by atoms with Gasteiger partial charge in [0.2, 0.25) is 0 Å². The van der Waals surface area contributed by atoms with E-state index in [1.807, 2.05) is 24.0 Å². The van der Waals surface area contributed by atoms with E-state index >= 15 is 0 Å². The average molecular weight is 193 g/mol. The van der Waals surface area contributed by atoms with E-state index in [9.17, 15) is 0 Å². The van der Waals surface area contributed by atoms with E-state index in [1.54, 1.807) is 6.33 Å². The van der Waals surface area contributed by atoms with Crippen LogP contribution in [0, 0.1) is 0 Å². The topological polar surface area (TPSA) is 30.7 Å². The number of hydrogen-bond donors (Lipinski definition) is 0. The highest BCUT2D eigenvalue weighted by atomic mass is 32.2. The van der Waals surface area contributed by atoms with E-state index in [0.717, 1.165) is 23.3 Å². The van der Waals surface area contributed by atoms with Crippen LogP contribution in [0.3, 0.4) is 0 Å². The minimum atomic E-state index is 1.02. The standard InChI is InChI=1S/C9H11N3S/c1-13-5-4-12-3-2-8-9(12)6-10-7-11-8/h2-3,6-7H,4-5H2,1H3. The van der Waals surface area contributed by atoms with Crippen LogP contribution < -0.4 is 0 Å². The summed E-state index contributed by atoms with van der Waals surface area (Å²) < 4.78 is 2.19. The molecule has 0 aromatic carbocycles. The largest absolute Gasteiger partial charge is 0.344 e. The van der Waals surface area contributed by atoms with E-state index < -0.39 is 0 Å². The molecule has 0 spiro atoms. The SMILES string of the molecule is CSCCn1ccc2ncncc21. The molecule has 0 aliphatic carbocycles. The number of aromatic nitrogens is 3. The van der Waals surface area contributed by atoms with Crippen LogP contribution in [0.5, 0.6) is 0 Å². The molecular weight excluding hydrogens is 182 g/mol. The van der Waals surface area contributed by atoms with Crippen molar-refractivity contribution in [2.24, 2.45) is 0 Å². The van der Waals surface area contributed by atoms with Gasteiger partial charge in [-0.15, -0.1) is 0 Å². The fourth-order valence-electron chi connectivity index (χ4n) is 1.31. The third-order valence-corrected chi connectivity index (χ3v) is 2.57. The van der Waals surface area contributed by atoms with Gasteiger partial charge < -0.3 is 4.57 Å². The van der Waals surface area contributed by atoms with E-state index in [1.165, 1.54) is 0 Å². The summed E-state index contributed by atoms with van der Waals surface area (Å²) in [5, 5.41) is 0. The Bertz CT molecular complexity index is 396. The molecule has 0 aliphatic rings. The smallest absolute Gasteiger partial charge is 0.116 e. The molecule has 0 N–H and O–H groups in total. The van der Waals surface area contributed by atoms with Gasteiger partial charge in [0, 0.05) is 18.5 Å². The minimum absolute atomic E-state index is 1.02. The molecule has 2 heterocycles. The van der Waals surface area contributed by atoms with Gasteiger partial charge in [-0.05, 0) is 12.3 Å². The van der Waals surface area contributed by atoms with E-state index in [4.69, 9.17) is 0 Å². The van der Waals surface area contributed by atoms with Crippen molar-refractivity contribution in [1.29, 1.82) is 0 Å². The fraction of sp³-hybridized carbons (Fsp3) is 0.333. The van der Waals surface area contributed by atoms with Crippen molar-refractivity contribution in [3.63, 3.8) is 0 Å². The predicted octanol–water partition coefficient (Wildman–Crippen LogP) is 1.79. The Kier molecular flexibility index (Phi) is 2.49. The number of thioether (sulfide) groups is 1. The third kappa shape index (κ3) is 1.67. The maximum atomic E-state index is 4.17. The Labute approximate surface area is 81.2 Å². The van der Waals surface area contributed by atoms with Gasteiger partial charge >= 0.3 is 0 Å². The molecule has 0 amide bonds. The zero-order chi connectivity index (χ0) is 9.10. The quantitative estimate of drug-likeness (QED) is 0.744. The zero-order valence-electron chi connectivity index (χ0n) is 7.47. The van der Waals surface area contributed by atoms with Crippen molar-refractivity contribution in [3.05, 3.63) is 24.8 Å². The lowest BCUT2D eigenvalue weighted by atomic mass is 10.5. The Morgan fingerprint density at radius 2 is 2.46 bits per heavy atom.